The molecule has 98 valence electrons. The van der Waals surface area contributed by atoms with Crippen molar-refractivity contribution in [2.24, 2.45) is 0 Å². The lowest BCUT2D eigenvalue weighted by Crippen LogP contribution is -2.53. The van der Waals surface area contributed by atoms with Crippen molar-refractivity contribution in [2.45, 2.75) is 12.5 Å². The van der Waals surface area contributed by atoms with Gasteiger partial charge in [-0.1, -0.05) is 0 Å². The van der Waals surface area contributed by atoms with Crippen molar-refractivity contribution in [2.75, 3.05) is 38.2 Å². The summed E-state index contributed by atoms with van der Waals surface area (Å²) in [5.74, 6) is -0.249. The number of rotatable bonds is 5. The van der Waals surface area contributed by atoms with Crippen LogP contribution < -0.4 is 10.6 Å². The van der Waals surface area contributed by atoms with E-state index in [0.717, 1.165) is 18.8 Å². The van der Waals surface area contributed by atoms with E-state index in [9.17, 15) is 9.59 Å². The fourth-order valence-corrected chi connectivity index (χ4v) is 2.07. The number of carboxylic acid groups (broad SMARTS) is 1. The molecule has 0 aromatic carbocycles. The second-order valence-electron chi connectivity index (χ2n) is 3.86. The molecule has 1 aliphatic rings. The zero-order valence-electron chi connectivity index (χ0n) is 9.94. The maximum absolute atomic E-state index is 11.8. The lowest BCUT2D eigenvalue weighted by atomic mass is 10.2. The molecule has 0 radical (unpaired) electrons. The van der Waals surface area contributed by atoms with Crippen LogP contribution in [0.4, 0.5) is 4.79 Å². The number of urea groups is 1. The molecule has 1 rings (SSSR count). The number of carbonyl (C=O) groups is 2. The van der Waals surface area contributed by atoms with E-state index in [4.69, 9.17) is 5.11 Å². The molecule has 7 heteroatoms. The van der Waals surface area contributed by atoms with Crippen LogP contribution in [0, 0.1) is 0 Å². The first-order valence-corrected chi connectivity index (χ1v) is 7.02. The Hall–Kier alpha value is -0.950. The predicted molar refractivity (Wildman–Crippen MR) is 67.4 cm³/mol. The molecular formula is C10H19N3O3S. The largest absolute Gasteiger partial charge is 0.480 e. The van der Waals surface area contributed by atoms with Crippen LogP contribution in [0.3, 0.4) is 0 Å². The molecule has 3 N–H and O–H groups in total. The smallest absolute Gasteiger partial charge is 0.326 e. The average molecular weight is 261 g/mol. The molecule has 6 nitrogen and oxygen atoms in total. The highest BCUT2D eigenvalue weighted by molar-refractivity contribution is 7.98. The Labute approximate surface area is 105 Å². The zero-order valence-corrected chi connectivity index (χ0v) is 10.8. The summed E-state index contributed by atoms with van der Waals surface area (Å²) in [5.41, 5.74) is 0. The van der Waals surface area contributed by atoms with Crippen LogP contribution in [0.15, 0.2) is 0 Å². The van der Waals surface area contributed by atoms with Crippen molar-refractivity contribution in [3.05, 3.63) is 0 Å². The monoisotopic (exact) mass is 261 g/mol. The molecule has 0 aromatic heterocycles. The quantitative estimate of drug-likeness (QED) is 0.639. The zero-order chi connectivity index (χ0) is 12.7. The third-order valence-electron chi connectivity index (χ3n) is 2.61. The van der Waals surface area contributed by atoms with Gasteiger partial charge in [0, 0.05) is 26.2 Å². The minimum absolute atomic E-state index is 0.278. The van der Waals surface area contributed by atoms with Crippen LogP contribution >= 0.6 is 11.8 Å². The van der Waals surface area contributed by atoms with Gasteiger partial charge in [-0.05, 0) is 18.4 Å². The molecule has 0 unspecified atom stereocenters. The average Bonchev–Trinajstić information content (AvgIpc) is 2.35. The van der Waals surface area contributed by atoms with Gasteiger partial charge in [-0.3, -0.25) is 0 Å². The second-order valence-corrected chi connectivity index (χ2v) is 4.84. The van der Waals surface area contributed by atoms with Gasteiger partial charge < -0.3 is 20.6 Å². The molecule has 1 heterocycles. The first-order valence-electron chi connectivity index (χ1n) is 5.63. The molecule has 17 heavy (non-hydrogen) atoms. The maximum atomic E-state index is 11.8. The van der Waals surface area contributed by atoms with Crippen LogP contribution in [0.25, 0.3) is 0 Å². The van der Waals surface area contributed by atoms with Crippen molar-refractivity contribution in [1.82, 2.24) is 15.5 Å². The third kappa shape index (κ3) is 4.82. The van der Waals surface area contributed by atoms with Gasteiger partial charge in [0.25, 0.3) is 0 Å². The van der Waals surface area contributed by atoms with E-state index in [0.29, 0.717) is 19.5 Å². The van der Waals surface area contributed by atoms with Crippen molar-refractivity contribution in [3.63, 3.8) is 0 Å². The number of thioether (sulfide) groups is 1. The van der Waals surface area contributed by atoms with E-state index < -0.39 is 12.0 Å². The standard InChI is InChI=1S/C10H19N3O3S/c1-17-7-2-8(9(14)15)12-10(16)13-5-3-11-4-6-13/h8,11H,2-7H2,1H3,(H,12,16)(H,14,15)/t8-/m1/s1. The van der Waals surface area contributed by atoms with Crippen LogP contribution in [0.2, 0.25) is 0 Å². The van der Waals surface area contributed by atoms with Crippen LogP contribution in [-0.4, -0.2) is 66.2 Å². The number of nitrogens with zero attached hydrogens (tertiary/aromatic N) is 1. The van der Waals surface area contributed by atoms with E-state index in [2.05, 4.69) is 10.6 Å². The molecule has 2 amide bonds. The Morgan fingerprint density at radius 1 is 1.47 bits per heavy atom. The number of carboxylic acids is 1. The van der Waals surface area contributed by atoms with E-state index in [1.807, 2.05) is 6.26 Å². The van der Waals surface area contributed by atoms with Crippen LogP contribution in [0.5, 0.6) is 0 Å². The van der Waals surface area contributed by atoms with Crippen molar-refractivity contribution in [1.29, 1.82) is 0 Å². The molecule has 1 saturated heterocycles. The van der Waals surface area contributed by atoms with E-state index in [1.165, 1.54) is 0 Å². The SMILES string of the molecule is CSCC[C@@H](NC(=O)N1CCNCC1)C(=O)O. The molecule has 1 aliphatic heterocycles. The van der Waals surface area contributed by atoms with Gasteiger partial charge in [-0.15, -0.1) is 0 Å². The first kappa shape index (κ1) is 14.1. The predicted octanol–water partition coefficient (Wildman–Crippen LogP) is -0.192. The highest BCUT2D eigenvalue weighted by atomic mass is 32.2. The number of amides is 2. The fraction of sp³-hybridized carbons (Fsp3) is 0.800. The Balaban J connectivity index is 2.42. The summed E-state index contributed by atoms with van der Waals surface area (Å²) in [4.78, 5) is 24.4. The lowest BCUT2D eigenvalue weighted by Gasteiger charge is -2.28. The van der Waals surface area contributed by atoms with Gasteiger partial charge >= 0.3 is 12.0 Å². The third-order valence-corrected chi connectivity index (χ3v) is 3.25. The topological polar surface area (TPSA) is 81.7 Å². The summed E-state index contributed by atoms with van der Waals surface area (Å²) in [5, 5.41) is 14.7. The molecule has 1 atom stereocenters. The number of piperazine rings is 1. The Morgan fingerprint density at radius 3 is 2.65 bits per heavy atom. The fourth-order valence-electron chi connectivity index (χ4n) is 1.60. The highest BCUT2D eigenvalue weighted by Gasteiger charge is 2.23. The van der Waals surface area contributed by atoms with Gasteiger partial charge in [0.15, 0.2) is 0 Å². The molecular weight excluding hydrogens is 242 g/mol. The normalized spacial score (nSPS) is 17.6. The van der Waals surface area contributed by atoms with Gasteiger partial charge in [-0.25, -0.2) is 9.59 Å². The Morgan fingerprint density at radius 2 is 2.12 bits per heavy atom. The van der Waals surface area contributed by atoms with Gasteiger partial charge in [0.1, 0.15) is 6.04 Å². The van der Waals surface area contributed by atoms with Crippen molar-refractivity contribution in [3.8, 4) is 0 Å². The summed E-state index contributed by atoms with van der Waals surface area (Å²) >= 11 is 1.57. The molecule has 0 saturated carbocycles. The van der Waals surface area contributed by atoms with Crippen LogP contribution in [0.1, 0.15) is 6.42 Å². The Kier molecular flexibility index (Phi) is 6.13. The number of nitrogens with one attached hydrogen (secondary N) is 2. The summed E-state index contributed by atoms with van der Waals surface area (Å²) in [6.45, 7) is 2.77. The molecule has 1 fully saturated rings. The molecule has 0 aliphatic carbocycles. The summed E-state index contributed by atoms with van der Waals surface area (Å²) in [6.07, 6.45) is 2.37. The van der Waals surface area contributed by atoms with Crippen LogP contribution in [-0.2, 0) is 4.79 Å². The van der Waals surface area contributed by atoms with E-state index in [1.54, 1.807) is 16.7 Å². The number of hydrogen-bond acceptors (Lipinski definition) is 4. The number of carbonyl (C=O) groups excluding carboxylic acids is 1. The Bertz CT molecular complexity index is 270. The molecule has 0 spiro atoms. The molecule has 0 bridgehead atoms. The number of aliphatic carboxylic acids is 1. The number of hydrogen-bond donors (Lipinski definition) is 3. The van der Waals surface area contributed by atoms with E-state index >= 15 is 0 Å². The minimum Gasteiger partial charge on any atom is -0.480 e. The van der Waals surface area contributed by atoms with Gasteiger partial charge in [0.05, 0.1) is 0 Å². The second kappa shape index (κ2) is 7.39. The van der Waals surface area contributed by atoms with Crippen molar-refractivity contribution >= 4 is 23.8 Å². The summed E-state index contributed by atoms with van der Waals surface area (Å²) in [6, 6.07) is -1.06. The summed E-state index contributed by atoms with van der Waals surface area (Å²) < 4.78 is 0. The van der Waals surface area contributed by atoms with Gasteiger partial charge in [0.2, 0.25) is 0 Å². The molecule has 0 aromatic rings. The van der Waals surface area contributed by atoms with E-state index in [-0.39, 0.29) is 6.03 Å². The minimum atomic E-state index is -0.970. The highest BCUT2D eigenvalue weighted by Crippen LogP contribution is 2.02. The van der Waals surface area contributed by atoms with Crippen molar-refractivity contribution < 1.29 is 14.7 Å². The van der Waals surface area contributed by atoms with Gasteiger partial charge in [-0.2, -0.15) is 11.8 Å². The maximum Gasteiger partial charge on any atom is 0.326 e. The first-order chi connectivity index (χ1) is 8.15. The lowest BCUT2D eigenvalue weighted by molar-refractivity contribution is -0.139. The summed E-state index contributed by atoms with van der Waals surface area (Å²) in [7, 11) is 0.